The number of carbonyl (C=O) groups is 1. The van der Waals surface area contributed by atoms with Crippen LogP contribution < -0.4 is 4.74 Å². The van der Waals surface area contributed by atoms with E-state index >= 15 is 0 Å². The third-order valence-corrected chi connectivity index (χ3v) is 6.59. The Labute approximate surface area is 196 Å². The summed E-state index contributed by atoms with van der Waals surface area (Å²) >= 11 is 5.89. The Bertz CT molecular complexity index is 961. The van der Waals surface area contributed by atoms with Gasteiger partial charge in [0.1, 0.15) is 12.4 Å². The lowest BCUT2D eigenvalue weighted by Gasteiger charge is -2.10. The minimum absolute atomic E-state index is 0.0483. The molecule has 2 aromatic carbocycles. The van der Waals surface area contributed by atoms with E-state index in [0.717, 1.165) is 24.1 Å². The molecular formula is C21H18I2N2O2S. The molecule has 4 nitrogen and oxygen atoms in total. The smallest absolute Gasteiger partial charge is 0.266 e. The van der Waals surface area contributed by atoms with Gasteiger partial charge in [0.05, 0.1) is 17.7 Å². The minimum Gasteiger partial charge on any atom is -0.487 e. The molecule has 28 heavy (non-hydrogen) atoms. The van der Waals surface area contributed by atoms with E-state index in [1.54, 1.807) is 18.0 Å². The van der Waals surface area contributed by atoms with Crippen molar-refractivity contribution in [2.24, 2.45) is 4.99 Å². The third kappa shape index (κ3) is 4.98. The Morgan fingerprint density at radius 3 is 2.46 bits per heavy atom. The van der Waals surface area contributed by atoms with Crippen molar-refractivity contribution in [1.29, 1.82) is 0 Å². The summed E-state index contributed by atoms with van der Waals surface area (Å²) in [6, 6.07) is 12.0. The van der Waals surface area contributed by atoms with E-state index in [2.05, 4.69) is 56.8 Å². The highest BCUT2D eigenvalue weighted by molar-refractivity contribution is 14.1. The molecule has 1 heterocycles. The number of rotatable bonds is 5. The molecule has 0 bridgehead atoms. The monoisotopic (exact) mass is 616 g/mol. The zero-order valence-electron chi connectivity index (χ0n) is 15.4. The maximum atomic E-state index is 12.7. The van der Waals surface area contributed by atoms with Crippen LogP contribution in [0.2, 0.25) is 0 Å². The molecule has 1 fully saturated rings. The van der Waals surface area contributed by atoms with Crippen molar-refractivity contribution >= 4 is 79.8 Å². The second-order valence-corrected chi connectivity index (χ2v) is 9.45. The lowest BCUT2D eigenvalue weighted by atomic mass is 10.2. The van der Waals surface area contributed by atoms with Crippen LogP contribution in [0.15, 0.2) is 59.0 Å². The molecule has 0 N–H and O–H groups in total. The van der Waals surface area contributed by atoms with Crippen molar-refractivity contribution in [1.82, 2.24) is 4.90 Å². The summed E-state index contributed by atoms with van der Waals surface area (Å²) in [4.78, 5) is 19.5. The number of likely N-dealkylation sites (N-methyl/N-ethyl adjacent to an activating group) is 1. The number of hydrogen-bond acceptors (Lipinski definition) is 4. The fraction of sp³-hybridized carbons (Fsp3) is 0.143. The fourth-order valence-electron chi connectivity index (χ4n) is 2.48. The van der Waals surface area contributed by atoms with Gasteiger partial charge in [-0.2, -0.15) is 0 Å². The fourth-order valence-corrected chi connectivity index (χ4v) is 5.59. The van der Waals surface area contributed by atoms with Gasteiger partial charge in [-0.05, 0) is 99.8 Å². The highest BCUT2D eigenvalue weighted by Gasteiger charge is 2.30. The largest absolute Gasteiger partial charge is 0.487 e. The number of benzene rings is 2. The SMILES string of the molecule is C=CCOc1c(I)cc(/C=C2/SC(=Nc3ccc(C)cc3)N(C)C2=O)cc1I. The van der Waals surface area contributed by atoms with Gasteiger partial charge >= 0.3 is 0 Å². The van der Waals surface area contributed by atoms with E-state index < -0.39 is 0 Å². The van der Waals surface area contributed by atoms with E-state index in [4.69, 9.17) is 4.74 Å². The second kappa shape index (κ2) is 9.45. The van der Waals surface area contributed by atoms with Crippen molar-refractivity contribution in [2.45, 2.75) is 6.92 Å². The second-order valence-electron chi connectivity index (χ2n) is 6.12. The number of halogens is 2. The Morgan fingerprint density at radius 2 is 1.86 bits per heavy atom. The van der Waals surface area contributed by atoms with Crippen molar-refractivity contribution < 1.29 is 9.53 Å². The standard InChI is InChI=1S/C21H18I2N2O2S/c1-4-9-27-19-16(22)10-14(11-17(19)23)12-18-20(26)25(3)21(28-18)24-15-7-5-13(2)6-8-15/h4-8,10-12H,1,9H2,2-3H3/b18-12+,24-21?. The number of aryl methyl sites for hydroxylation is 1. The molecule has 1 aliphatic heterocycles. The van der Waals surface area contributed by atoms with Gasteiger partial charge in [0.15, 0.2) is 5.17 Å². The molecule has 0 saturated carbocycles. The normalized spacial score (nSPS) is 16.9. The Hall–Kier alpha value is -1.33. The number of aliphatic imine (C=N–C) groups is 1. The van der Waals surface area contributed by atoms with Crippen LogP contribution in [0.1, 0.15) is 11.1 Å². The van der Waals surface area contributed by atoms with Gasteiger partial charge in [0, 0.05) is 7.05 Å². The van der Waals surface area contributed by atoms with Gasteiger partial charge in [-0.1, -0.05) is 30.4 Å². The number of amides is 1. The first-order chi connectivity index (χ1) is 13.4. The average molecular weight is 616 g/mol. The van der Waals surface area contributed by atoms with Gasteiger partial charge in [0.25, 0.3) is 5.91 Å². The highest BCUT2D eigenvalue weighted by atomic mass is 127. The number of nitrogens with zero attached hydrogens (tertiary/aromatic N) is 2. The average Bonchev–Trinajstić information content (AvgIpc) is 2.91. The quantitative estimate of drug-likeness (QED) is 0.235. The third-order valence-electron chi connectivity index (χ3n) is 3.93. The van der Waals surface area contributed by atoms with Crippen LogP contribution in [-0.2, 0) is 4.79 Å². The molecule has 3 rings (SSSR count). The Morgan fingerprint density at radius 1 is 1.21 bits per heavy atom. The zero-order chi connectivity index (χ0) is 20.3. The summed E-state index contributed by atoms with van der Waals surface area (Å²) in [5.41, 5.74) is 2.97. The van der Waals surface area contributed by atoms with Crippen LogP contribution in [0, 0.1) is 14.1 Å². The first-order valence-electron chi connectivity index (χ1n) is 8.44. The van der Waals surface area contributed by atoms with Gasteiger partial charge < -0.3 is 4.74 Å². The molecule has 0 unspecified atom stereocenters. The summed E-state index contributed by atoms with van der Waals surface area (Å²) in [5, 5.41) is 0.676. The van der Waals surface area contributed by atoms with E-state index in [1.807, 2.05) is 49.4 Å². The maximum Gasteiger partial charge on any atom is 0.266 e. The lowest BCUT2D eigenvalue weighted by molar-refractivity contribution is -0.121. The van der Waals surface area contributed by atoms with Gasteiger partial charge in [-0.25, -0.2) is 4.99 Å². The predicted molar refractivity (Wildman–Crippen MR) is 134 cm³/mol. The molecule has 144 valence electrons. The van der Waals surface area contributed by atoms with E-state index in [0.29, 0.717) is 16.7 Å². The van der Waals surface area contributed by atoms with Crippen LogP contribution in [0.4, 0.5) is 5.69 Å². The minimum atomic E-state index is -0.0483. The lowest BCUT2D eigenvalue weighted by Crippen LogP contribution is -2.23. The van der Waals surface area contributed by atoms with Crippen molar-refractivity contribution in [3.63, 3.8) is 0 Å². The topological polar surface area (TPSA) is 41.9 Å². The van der Waals surface area contributed by atoms with Gasteiger partial charge in [0.2, 0.25) is 0 Å². The van der Waals surface area contributed by atoms with Crippen LogP contribution in [-0.4, -0.2) is 29.6 Å². The van der Waals surface area contributed by atoms with Crippen LogP contribution in [0.5, 0.6) is 5.75 Å². The van der Waals surface area contributed by atoms with Gasteiger partial charge in [-0.15, -0.1) is 0 Å². The number of carbonyl (C=O) groups excluding carboxylic acids is 1. The maximum absolute atomic E-state index is 12.7. The summed E-state index contributed by atoms with van der Waals surface area (Å²) in [7, 11) is 1.75. The van der Waals surface area contributed by atoms with Crippen LogP contribution in [0.3, 0.4) is 0 Å². The van der Waals surface area contributed by atoms with Crippen molar-refractivity contribution in [3.8, 4) is 5.75 Å². The molecule has 0 aromatic heterocycles. The Kier molecular flexibility index (Phi) is 7.21. The summed E-state index contributed by atoms with van der Waals surface area (Å²) < 4.78 is 7.71. The van der Waals surface area contributed by atoms with E-state index in [-0.39, 0.29) is 5.91 Å². The summed E-state index contributed by atoms with van der Waals surface area (Å²) in [5.74, 6) is 0.792. The van der Waals surface area contributed by atoms with Crippen molar-refractivity contribution in [3.05, 3.63) is 72.2 Å². The number of amidine groups is 1. The van der Waals surface area contributed by atoms with E-state index in [1.165, 1.54) is 17.3 Å². The molecule has 7 heteroatoms. The molecule has 2 aromatic rings. The molecule has 1 saturated heterocycles. The molecular weight excluding hydrogens is 598 g/mol. The molecule has 0 aliphatic carbocycles. The first-order valence-corrected chi connectivity index (χ1v) is 11.4. The molecule has 0 atom stereocenters. The predicted octanol–water partition coefficient (Wildman–Crippen LogP) is 6.00. The van der Waals surface area contributed by atoms with Crippen molar-refractivity contribution in [2.75, 3.05) is 13.7 Å². The number of ether oxygens (including phenoxy) is 1. The van der Waals surface area contributed by atoms with E-state index in [9.17, 15) is 4.79 Å². The molecule has 0 radical (unpaired) electrons. The summed E-state index contributed by atoms with van der Waals surface area (Å²) in [6.45, 7) is 6.18. The van der Waals surface area contributed by atoms with Crippen LogP contribution >= 0.6 is 56.9 Å². The first kappa shape index (κ1) is 21.4. The van der Waals surface area contributed by atoms with Crippen LogP contribution in [0.25, 0.3) is 6.08 Å². The van der Waals surface area contributed by atoms with Gasteiger partial charge in [-0.3, -0.25) is 9.69 Å². The summed E-state index contributed by atoms with van der Waals surface area (Å²) in [6.07, 6.45) is 3.63. The molecule has 0 spiro atoms. The molecule has 1 amide bonds. The molecule has 1 aliphatic rings. The number of hydrogen-bond donors (Lipinski definition) is 0. The Balaban J connectivity index is 1.87. The zero-order valence-corrected chi connectivity index (χ0v) is 20.5. The highest BCUT2D eigenvalue weighted by Crippen LogP contribution is 2.35. The number of thioether (sulfide) groups is 1.